The normalized spacial score (nSPS) is 21.5. The average Bonchev–Trinajstić information content (AvgIpc) is 2.95. The highest BCUT2D eigenvalue weighted by molar-refractivity contribution is 7.87. The van der Waals surface area contributed by atoms with Gasteiger partial charge < -0.3 is 9.47 Å². The second kappa shape index (κ2) is 6.78. The topological polar surface area (TPSA) is 64.6 Å². The lowest BCUT2D eigenvalue weighted by Crippen LogP contribution is -2.23. The van der Waals surface area contributed by atoms with Crippen molar-refractivity contribution in [2.45, 2.75) is 19.3 Å². The van der Waals surface area contributed by atoms with Crippen LogP contribution in [0, 0.1) is 6.92 Å². The summed E-state index contributed by atoms with van der Waals surface area (Å²) in [6.45, 7) is 2.44. The number of hydrogen-bond donors (Lipinski definition) is 1. The first-order chi connectivity index (χ1) is 12.5. The fourth-order valence-corrected chi connectivity index (χ4v) is 4.30. The smallest absolute Gasteiger partial charge is 0.260 e. The molecule has 134 valence electrons. The molecule has 0 bridgehead atoms. The minimum absolute atomic E-state index is 0.137. The number of carbonyl (C=O) groups is 1. The maximum absolute atomic E-state index is 12.0. The van der Waals surface area contributed by atoms with Gasteiger partial charge >= 0.3 is 0 Å². The van der Waals surface area contributed by atoms with Gasteiger partial charge in [0.25, 0.3) is 5.91 Å². The van der Waals surface area contributed by atoms with Crippen LogP contribution in [-0.2, 0) is 15.8 Å². The van der Waals surface area contributed by atoms with Crippen LogP contribution in [-0.4, -0.2) is 16.7 Å². The largest absolute Gasteiger partial charge is 0.493 e. The van der Waals surface area contributed by atoms with Crippen LogP contribution in [0.4, 0.5) is 0 Å². The molecule has 2 aliphatic rings. The van der Waals surface area contributed by atoms with Crippen LogP contribution in [0.15, 0.2) is 47.4 Å². The van der Waals surface area contributed by atoms with Crippen LogP contribution < -0.4 is 14.2 Å². The predicted octanol–water partition coefficient (Wildman–Crippen LogP) is 3.98. The monoisotopic (exact) mass is 389 g/mol. The standard InChI is InChI=1S/C19H16ClNO4S/c1-11-2-5-17(16(20)8-11)25-12-3-4-14-13(6-7-24-18(14)9-12)15-10-26(23)21-19(15)22/h2-5,8-10,13H,6-7H2,1H3,(H,21,22). The molecule has 0 fully saturated rings. The first-order valence-electron chi connectivity index (χ1n) is 8.15. The van der Waals surface area contributed by atoms with Crippen molar-refractivity contribution in [3.63, 3.8) is 0 Å². The highest BCUT2D eigenvalue weighted by Gasteiger charge is 2.32. The molecular formula is C19H16ClNO4S. The summed E-state index contributed by atoms with van der Waals surface area (Å²) in [6.07, 6.45) is 0.660. The molecule has 2 aromatic carbocycles. The molecule has 0 aliphatic carbocycles. The second-order valence-electron chi connectivity index (χ2n) is 6.23. The van der Waals surface area contributed by atoms with E-state index in [2.05, 4.69) is 4.72 Å². The number of ether oxygens (including phenoxy) is 2. The number of aryl methyl sites for hydroxylation is 1. The molecule has 2 unspecified atom stereocenters. The van der Waals surface area contributed by atoms with Crippen molar-refractivity contribution in [3.05, 3.63) is 63.5 Å². The Morgan fingerprint density at radius 2 is 2.12 bits per heavy atom. The molecule has 0 saturated carbocycles. The van der Waals surface area contributed by atoms with Crippen molar-refractivity contribution in [2.75, 3.05) is 6.61 Å². The van der Waals surface area contributed by atoms with Crippen molar-refractivity contribution in [1.82, 2.24) is 4.72 Å². The Labute approximate surface area is 158 Å². The van der Waals surface area contributed by atoms with E-state index in [0.29, 0.717) is 40.9 Å². The van der Waals surface area contributed by atoms with Gasteiger partial charge in [-0.3, -0.25) is 9.52 Å². The van der Waals surface area contributed by atoms with E-state index in [1.807, 2.05) is 37.3 Å². The van der Waals surface area contributed by atoms with Crippen LogP contribution in [0.2, 0.25) is 5.02 Å². The Hall–Kier alpha value is -2.31. The molecule has 5 nitrogen and oxygen atoms in total. The SMILES string of the molecule is Cc1ccc(Oc2ccc3c(c2)OCCC3C2=CS(=O)NC2=O)c(Cl)c1. The summed E-state index contributed by atoms with van der Waals surface area (Å²) in [6, 6.07) is 11.1. The van der Waals surface area contributed by atoms with Gasteiger partial charge in [-0.05, 0) is 37.1 Å². The molecule has 7 heteroatoms. The Kier molecular flexibility index (Phi) is 4.46. The Balaban J connectivity index is 1.63. The molecule has 2 heterocycles. The van der Waals surface area contributed by atoms with E-state index < -0.39 is 11.0 Å². The van der Waals surface area contributed by atoms with Crippen molar-refractivity contribution < 1.29 is 18.5 Å². The first-order valence-corrected chi connectivity index (χ1v) is 9.74. The number of rotatable bonds is 3. The zero-order valence-corrected chi connectivity index (χ0v) is 15.5. The van der Waals surface area contributed by atoms with Crippen LogP contribution >= 0.6 is 11.6 Å². The molecule has 2 aliphatic heterocycles. The summed E-state index contributed by atoms with van der Waals surface area (Å²) in [5, 5.41) is 2.02. The van der Waals surface area contributed by atoms with Gasteiger partial charge in [-0.2, -0.15) is 0 Å². The molecular weight excluding hydrogens is 374 g/mol. The maximum Gasteiger partial charge on any atom is 0.260 e. The van der Waals surface area contributed by atoms with E-state index in [4.69, 9.17) is 21.1 Å². The van der Waals surface area contributed by atoms with E-state index in [1.165, 1.54) is 5.41 Å². The van der Waals surface area contributed by atoms with Crippen molar-refractivity contribution in [1.29, 1.82) is 0 Å². The van der Waals surface area contributed by atoms with E-state index in [1.54, 1.807) is 6.07 Å². The Bertz CT molecular complexity index is 957. The molecule has 2 aromatic rings. The minimum Gasteiger partial charge on any atom is -0.493 e. The molecule has 0 saturated heterocycles. The molecule has 0 radical (unpaired) electrons. The number of carbonyl (C=O) groups excluding carboxylic acids is 1. The molecule has 0 spiro atoms. The van der Waals surface area contributed by atoms with Crippen LogP contribution in [0.1, 0.15) is 23.5 Å². The summed E-state index contributed by atoms with van der Waals surface area (Å²) in [5.74, 6) is 1.41. The predicted molar refractivity (Wildman–Crippen MR) is 99.9 cm³/mol. The van der Waals surface area contributed by atoms with Crippen molar-refractivity contribution >= 4 is 28.5 Å². The second-order valence-corrected chi connectivity index (χ2v) is 7.67. The van der Waals surface area contributed by atoms with Gasteiger partial charge in [0.15, 0.2) is 0 Å². The zero-order chi connectivity index (χ0) is 18.3. The average molecular weight is 390 g/mol. The Morgan fingerprint density at radius 1 is 1.27 bits per heavy atom. The quantitative estimate of drug-likeness (QED) is 0.862. The molecule has 4 rings (SSSR count). The lowest BCUT2D eigenvalue weighted by Gasteiger charge is -2.26. The molecule has 0 aromatic heterocycles. The van der Waals surface area contributed by atoms with E-state index in [-0.39, 0.29) is 11.8 Å². The molecule has 1 N–H and O–H groups in total. The summed E-state index contributed by atoms with van der Waals surface area (Å²) in [7, 11) is -1.44. The third kappa shape index (κ3) is 3.22. The van der Waals surface area contributed by atoms with Gasteiger partial charge in [0.2, 0.25) is 0 Å². The molecule has 1 amide bonds. The summed E-state index contributed by atoms with van der Waals surface area (Å²) >= 11 is 6.22. The number of halogens is 1. The number of amides is 1. The maximum atomic E-state index is 12.0. The zero-order valence-electron chi connectivity index (χ0n) is 14.0. The van der Waals surface area contributed by atoms with Gasteiger partial charge in [-0.1, -0.05) is 23.7 Å². The number of nitrogens with one attached hydrogen (secondary N) is 1. The van der Waals surface area contributed by atoms with E-state index >= 15 is 0 Å². The van der Waals surface area contributed by atoms with Gasteiger partial charge in [-0.25, -0.2) is 4.21 Å². The number of hydrogen-bond acceptors (Lipinski definition) is 4. The summed E-state index contributed by atoms with van der Waals surface area (Å²) in [4.78, 5) is 12.0. The van der Waals surface area contributed by atoms with Crippen molar-refractivity contribution in [3.8, 4) is 17.2 Å². The third-order valence-electron chi connectivity index (χ3n) is 4.40. The highest BCUT2D eigenvalue weighted by Crippen LogP contribution is 2.42. The van der Waals surface area contributed by atoms with Crippen LogP contribution in [0.25, 0.3) is 0 Å². The molecule has 2 atom stereocenters. The van der Waals surface area contributed by atoms with Gasteiger partial charge in [0, 0.05) is 28.5 Å². The number of fused-ring (bicyclic) bond motifs is 1. The van der Waals surface area contributed by atoms with Gasteiger partial charge in [0.1, 0.15) is 28.2 Å². The van der Waals surface area contributed by atoms with E-state index in [0.717, 1.165) is 11.1 Å². The van der Waals surface area contributed by atoms with Crippen LogP contribution in [0.5, 0.6) is 17.2 Å². The van der Waals surface area contributed by atoms with E-state index in [9.17, 15) is 9.00 Å². The van der Waals surface area contributed by atoms with Gasteiger partial charge in [0.05, 0.1) is 11.6 Å². The summed E-state index contributed by atoms with van der Waals surface area (Å²) < 4.78 is 25.6. The van der Waals surface area contributed by atoms with Crippen LogP contribution in [0.3, 0.4) is 0 Å². The molecule has 26 heavy (non-hydrogen) atoms. The van der Waals surface area contributed by atoms with Gasteiger partial charge in [-0.15, -0.1) is 0 Å². The lowest BCUT2D eigenvalue weighted by molar-refractivity contribution is -0.115. The first kappa shape index (κ1) is 17.1. The Morgan fingerprint density at radius 3 is 2.85 bits per heavy atom. The summed E-state index contributed by atoms with van der Waals surface area (Å²) in [5.41, 5.74) is 2.47. The third-order valence-corrected chi connectivity index (χ3v) is 5.55. The minimum atomic E-state index is -1.44. The lowest BCUT2D eigenvalue weighted by atomic mass is 9.87. The fourth-order valence-electron chi connectivity index (χ4n) is 3.16. The fraction of sp³-hybridized carbons (Fsp3) is 0.211. The number of benzene rings is 2. The highest BCUT2D eigenvalue weighted by atomic mass is 35.5. The van der Waals surface area contributed by atoms with Crippen molar-refractivity contribution in [2.24, 2.45) is 0 Å².